The number of amides is 2. The highest BCUT2D eigenvalue weighted by Crippen LogP contribution is 2.23. The van der Waals surface area contributed by atoms with Gasteiger partial charge in [0.15, 0.2) is 0 Å². The van der Waals surface area contributed by atoms with Crippen LogP contribution in [0.25, 0.3) is 0 Å². The van der Waals surface area contributed by atoms with Gasteiger partial charge in [0, 0.05) is 6.07 Å². The van der Waals surface area contributed by atoms with E-state index < -0.39 is 28.5 Å². The molecular weight excluding hydrogens is 242 g/mol. The van der Waals surface area contributed by atoms with E-state index in [2.05, 4.69) is 5.32 Å². The molecule has 0 spiro atoms. The fourth-order valence-corrected chi connectivity index (χ4v) is 1.21. The van der Waals surface area contributed by atoms with Gasteiger partial charge < -0.3 is 16.2 Å². The molecule has 0 fully saturated rings. The number of benzene rings is 1. The highest BCUT2D eigenvalue weighted by Gasteiger charge is 2.23. The lowest BCUT2D eigenvalue weighted by atomic mass is 10.1. The minimum Gasteiger partial charge on any atom is -0.508 e. The zero-order valence-electron chi connectivity index (χ0n) is 9.41. The molecule has 0 aromatic heterocycles. The molecule has 1 atom stereocenters. The van der Waals surface area contributed by atoms with Gasteiger partial charge in [-0.15, -0.1) is 0 Å². The van der Waals surface area contributed by atoms with Crippen LogP contribution in [0, 0.1) is 10.1 Å². The molecule has 18 heavy (non-hydrogen) atoms. The molecule has 0 heterocycles. The molecule has 1 aromatic rings. The summed E-state index contributed by atoms with van der Waals surface area (Å²) < 4.78 is 0. The first-order valence-electron chi connectivity index (χ1n) is 4.90. The molecule has 0 bridgehead atoms. The summed E-state index contributed by atoms with van der Waals surface area (Å²) in [5.74, 6) is -1.92. The molecule has 0 saturated carbocycles. The predicted molar refractivity (Wildman–Crippen MR) is 60.9 cm³/mol. The van der Waals surface area contributed by atoms with Gasteiger partial charge in [0.2, 0.25) is 5.91 Å². The zero-order chi connectivity index (χ0) is 13.9. The molecule has 8 nitrogen and oxygen atoms in total. The summed E-state index contributed by atoms with van der Waals surface area (Å²) in [6.45, 7) is 1.34. The van der Waals surface area contributed by atoms with Crippen molar-refractivity contribution in [2.75, 3.05) is 0 Å². The maximum atomic E-state index is 11.7. The zero-order valence-corrected chi connectivity index (χ0v) is 9.41. The van der Waals surface area contributed by atoms with E-state index in [1.165, 1.54) is 6.92 Å². The highest BCUT2D eigenvalue weighted by atomic mass is 16.6. The van der Waals surface area contributed by atoms with Crippen LogP contribution in [0.15, 0.2) is 18.2 Å². The number of carbonyl (C=O) groups excluding carboxylic acids is 2. The summed E-state index contributed by atoms with van der Waals surface area (Å²) in [6, 6.07) is 2.06. The normalized spacial score (nSPS) is 11.6. The van der Waals surface area contributed by atoms with E-state index in [4.69, 9.17) is 5.73 Å². The molecular formula is C10H11N3O5. The molecule has 8 heteroatoms. The Kier molecular flexibility index (Phi) is 3.82. The number of nitro benzene ring substituents is 1. The van der Waals surface area contributed by atoms with Gasteiger partial charge in [-0.3, -0.25) is 19.7 Å². The number of hydrogen-bond donors (Lipinski definition) is 3. The first kappa shape index (κ1) is 13.4. The van der Waals surface area contributed by atoms with Gasteiger partial charge in [0.1, 0.15) is 17.4 Å². The molecule has 2 amide bonds. The van der Waals surface area contributed by atoms with Gasteiger partial charge in [-0.2, -0.15) is 0 Å². The average Bonchev–Trinajstić information content (AvgIpc) is 2.28. The second-order valence-electron chi connectivity index (χ2n) is 3.56. The number of rotatable bonds is 4. The van der Waals surface area contributed by atoms with Crippen molar-refractivity contribution in [1.29, 1.82) is 0 Å². The lowest BCUT2D eigenvalue weighted by Gasteiger charge is -2.10. The molecule has 0 aliphatic heterocycles. The lowest BCUT2D eigenvalue weighted by Crippen LogP contribution is -2.42. The standard InChI is InChI=1S/C10H11N3O5/c1-5(9(11)15)12-10(16)7-4-6(14)2-3-8(7)13(17)18/h2-5,14H,1H3,(H2,11,15)(H,12,16). The summed E-state index contributed by atoms with van der Waals surface area (Å²) in [5, 5.41) is 22.1. The van der Waals surface area contributed by atoms with Crippen molar-refractivity contribution in [3.63, 3.8) is 0 Å². The van der Waals surface area contributed by atoms with E-state index in [1.807, 2.05) is 0 Å². The van der Waals surface area contributed by atoms with Crippen LogP contribution in [0.5, 0.6) is 5.75 Å². The van der Waals surface area contributed by atoms with Crippen molar-refractivity contribution < 1.29 is 19.6 Å². The monoisotopic (exact) mass is 253 g/mol. The van der Waals surface area contributed by atoms with Crippen LogP contribution in [0.3, 0.4) is 0 Å². The summed E-state index contributed by atoms with van der Waals surface area (Å²) >= 11 is 0. The first-order chi connectivity index (χ1) is 8.32. The number of carbonyl (C=O) groups is 2. The minimum atomic E-state index is -0.973. The van der Waals surface area contributed by atoms with Crippen molar-refractivity contribution in [3.05, 3.63) is 33.9 Å². The van der Waals surface area contributed by atoms with Crippen LogP contribution in [-0.2, 0) is 4.79 Å². The van der Waals surface area contributed by atoms with E-state index in [-0.39, 0.29) is 11.3 Å². The average molecular weight is 253 g/mol. The van der Waals surface area contributed by atoms with Crippen LogP contribution in [0.2, 0.25) is 0 Å². The maximum absolute atomic E-state index is 11.7. The molecule has 4 N–H and O–H groups in total. The lowest BCUT2D eigenvalue weighted by molar-refractivity contribution is -0.385. The van der Waals surface area contributed by atoms with Crippen molar-refractivity contribution >= 4 is 17.5 Å². The van der Waals surface area contributed by atoms with Gasteiger partial charge in [-0.05, 0) is 19.1 Å². The van der Waals surface area contributed by atoms with Crippen molar-refractivity contribution in [2.45, 2.75) is 13.0 Å². The number of aromatic hydroxyl groups is 1. The van der Waals surface area contributed by atoms with Gasteiger partial charge in [-0.25, -0.2) is 0 Å². The van der Waals surface area contributed by atoms with Crippen LogP contribution < -0.4 is 11.1 Å². The van der Waals surface area contributed by atoms with Gasteiger partial charge in [0.25, 0.3) is 11.6 Å². The van der Waals surface area contributed by atoms with E-state index in [0.717, 1.165) is 18.2 Å². The molecule has 0 radical (unpaired) electrons. The summed E-state index contributed by atoms with van der Waals surface area (Å²) in [7, 11) is 0. The Bertz CT molecular complexity index is 514. The van der Waals surface area contributed by atoms with E-state index in [0.29, 0.717) is 0 Å². The van der Waals surface area contributed by atoms with Crippen molar-refractivity contribution in [1.82, 2.24) is 5.32 Å². The van der Waals surface area contributed by atoms with Gasteiger partial charge in [-0.1, -0.05) is 0 Å². The van der Waals surface area contributed by atoms with E-state index >= 15 is 0 Å². The SMILES string of the molecule is CC(NC(=O)c1cc(O)ccc1[N+](=O)[O-])C(N)=O. The smallest absolute Gasteiger partial charge is 0.282 e. The van der Waals surface area contributed by atoms with Crippen LogP contribution in [-0.4, -0.2) is 27.9 Å². The number of nitrogens with one attached hydrogen (secondary N) is 1. The summed E-state index contributed by atoms with van der Waals surface area (Å²) in [5.41, 5.74) is 4.14. The number of phenolic OH excluding ortho intramolecular Hbond substituents is 1. The Balaban J connectivity index is 3.08. The Hall–Kier alpha value is -2.64. The topological polar surface area (TPSA) is 136 Å². The largest absolute Gasteiger partial charge is 0.508 e. The fraction of sp³-hybridized carbons (Fsp3) is 0.200. The van der Waals surface area contributed by atoms with Crippen molar-refractivity contribution in [2.24, 2.45) is 5.73 Å². The molecule has 1 unspecified atom stereocenters. The molecule has 1 rings (SSSR count). The second-order valence-corrected chi connectivity index (χ2v) is 3.56. The Morgan fingerprint density at radius 1 is 1.50 bits per heavy atom. The molecule has 0 aliphatic carbocycles. The summed E-state index contributed by atoms with van der Waals surface area (Å²) in [6.07, 6.45) is 0. The Morgan fingerprint density at radius 3 is 2.61 bits per heavy atom. The van der Waals surface area contributed by atoms with Crippen LogP contribution in [0.4, 0.5) is 5.69 Å². The number of primary amides is 1. The number of nitro groups is 1. The van der Waals surface area contributed by atoms with Crippen LogP contribution in [0.1, 0.15) is 17.3 Å². The Labute approximate surface area is 102 Å². The third-order valence-corrected chi connectivity index (χ3v) is 2.20. The maximum Gasteiger partial charge on any atom is 0.282 e. The number of nitrogens with two attached hydrogens (primary N) is 1. The van der Waals surface area contributed by atoms with Gasteiger partial charge >= 0.3 is 0 Å². The molecule has 96 valence electrons. The summed E-state index contributed by atoms with van der Waals surface area (Å²) in [4.78, 5) is 32.4. The third-order valence-electron chi connectivity index (χ3n) is 2.20. The van der Waals surface area contributed by atoms with E-state index in [1.54, 1.807) is 0 Å². The molecule has 1 aromatic carbocycles. The van der Waals surface area contributed by atoms with Crippen molar-refractivity contribution in [3.8, 4) is 5.75 Å². The number of nitrogens with zero attached hydrogens (tertiary/aromatic N) is 1. The quantitative estimate of drug-likeness (QED) is 0.508. The fourth-order valence-electron chi connectivity index (χ4n) is 1.21. The molecule has 0 aliphatic rings. The number of hydrogen-bond acceptors (Lipinski definition) is 5. The van der Waals surface area contributed by atoms with Gasteiger partial charge in [0.05, 0.1) is 4.92 Å². The Morgan fingerprint density at radius 2 is 2.11 bits per heavy atom. The third kappa shape index (κ3) is 2.94. The first-order valence-corrected chi connectivity index (χ1v) is 4.90. The highest BCUT2D eigenvalue weighted by molar-refractivity contribution is 6.00. The number of phenols is 1. The van der Waals surface area contributed by atoms with Crippen LogP contribution >= 0.6 is 0 Å². The van der Waals surface area contributed by atoms with E-state index in [9.17, 15) is 24.8 Å². The molecule has 0 saturated heterocycles. The minimum absolute atomic E-state index is 0.294. The predicted octanol–water partition coefficient (Wildman–Crippen LogP) is -0.0960. The second kappa shape index (κ2) is 5.13.